The van der Waals surface area contributed by atoms with Crippen molar-refractivity contribution in [3.05, 3.63) is 30.1 Å². The third kappa shape index (κ3) is 4.61. The molecule has 0 aromatic carbocycles. The minimum absolute atomic E-state index is 0.0793. The predicted molar refractivity (Wildman–Crippen MR) is 74.3 cm³/mol. The van der Waals surface area contributed by atoms with Gasteiger partial charge in [-0.25, -0.2) is 0 Å². The van der Waals surface area contributed by atoms with Crippen molar-refractivity contribution in [2.75, 3.05) is 13.6 Å². The Morgan fingerprint density at radius 1 is 1.47 bits per heavy atom. The van der Waals surface area contributed by atoms with Crippen LogP contribution in [0, 0.1) is 0 Å². The van der Waals surface area contributed by atoms with Crippen LogP contribution >= 0.6 is 0 Å². The summed E-state index contributed by atoms with van der Waals surface area (Å²) >= 11 is 0. The molecule has 5 nitrogen and oxygen atoms in total. The van der Waals surface area contributed by atoms with Gasteiger partial charge in [0.1, 0.15) is 0 Å². The number of amides is 1. The molecule has 0 unspecified atom stereocenters. The summed E-state index contributed by atoms with van der Waals surface area (Å²) in [5.74, 6) is 0.0793. The van der Waals surface area contributed by atoms with Gasteiger partial charge in [-0.15, -0.1) is 0 Å². The fraction of sp³-hybridized carbons (Fsp3) is 0.571. The number of pyridine rings is 1. The molecule has 1 saturated carbocycles. The summed E-state index contributed by atoms with van der Waals surface area (Å²) in [5.41, 5.74) is 7.00. The van der Waals surface area contributed by atoms with E-state index in [0.29, 0.717) is 6.54 Å². The first-order chi connectivity index (χ1) is 9.13. The van der Waals surface area contributed by atoms with E-state index in [1.54, 1.807) is 12.4 Å². The van der Waals surface area contributed by atoms with Crippen molar-refractivity contribution >= 4 is 5.91 Å². The molecule has 1 aromatic rings. The third-order valence-corrected chi connectivity index (χ3v) is 3.45. The van der Waals surface area contributed by atoms with Gasteiger partial charge in [0.15, 0.2) is 0 Å². The first kappa shape index (κ1) is 14.0. The maximum absolute atomic E-state index is 11.9. The molecule has 1 heterocycles. The molecule has 0 saturated heterocycles. The Morgan fingerprint density at radius 2 is 2.21 bits per heavy atom. The molecule has 1 aromatic heterocycles. The number of likely N-dealkylation sites (N-methyl/N-ethyl adjacent to an activating group) is 1. The molecule has 0 aliphatic heterocycles. The lowest BCUT2D eigenvalue weighted by Crippen LogP contribution is -2.40. The number of nitrogens with two attached hydrogens (primary N) is 1. The first-order valence-corrected chi connectivity index (χ1v) is 6.76. The van der Waals surface area contributed by atoms with Gasteiger partial charge in [0.2, 0.25) is 5.91 Å². The highest BCUT2D eigenvalue weighted by atomic mass is 16.2. The van der Waals surface area contributed by atoms with Crippen LogP contribution in [0.2, 0.25) is 0 Å². The molecule has 0 bridgehead atoms. The summed E-state index contributed by atoms with van der Waals surface area (Å²) in [6.45, 7) is 1.16. The molecule has 2 rings (SSSR count). The number of carbonyl (C=O) groups excluding carboxylic acids is 1. The van der Waals surface area contributed by atoms with Gasteiger partial charge in [0, 0.05) is 31.0 Å². The van der Waals surface area contributed by atoms with Gasteiger partial charge in [-0.2, -0.15) is 0 Å². The molecule has 2 atom stereocenters. The Morgan fingerprint density at radius 3 is 2.84 bits per heavy atom. The predicted octanol–water partition coefficient (Wildman–Crippen LogP) is 0.509. The van der Waals surface area contributed by atoms with Crippen LogP contribution in [-0.2, 0) is 11.3 Å². The van der Waals surface area contributed by atoms with Crippen LogP contribution in [0.1, 0.15) is 24.8 Å². The highest BCUT2D eigenvalue weighted by Crippen LogP contribution is 2.16. The number of aromatic nitrogens is 1. The standard InChI is InChI=1S/C14H22N4O/c1-18(9-11-4-6-16-7-5-11)10-14(19)17-13-3-2-12(15)8-13/h4-7,12-13H,2-3,8-10,15H2,1H3,(H,17,19)/t12-,13-/m0/s1. The van der Waals surface area contributed by atoms with E-state index in [1.807, 2.05) is 24.1 Å². The van der Waals surface area contributed by atoms with Crippen LogP contribution < -0.4 is 11.1 Å². The van der Waals surface area contributed by atoms with Gasteiger partial charge in [-0.1, -0.05) is 0 Å². The Hall–Kier alpha value is -1.46. The molecule has 19 heavy (non-hydrogen) atoms. The Labute approximate surface area is 114 Å². The summed E-state index contributed by atoms with van der Waals surface area (Å²) < 4.78 is 0. The lowest BCUT2D eigenvalue weighted by Gasteiger charge is -2.18. The number of nitrogens with zero attached hydrogens (tertiary/aromatic N) is 2. The molecule has 5 heteroatoms. The number of carbonyl (C=O) groups is 1. The Bertz CT molecular complexity index is 409. The average molecular weight is 262 g/mol. The lowest BCUT2D eigenvalue weighted by molar-refractivity contribution is -0.122. The molecule has 0 spiro atoms. The zero-order valence-electron chi connectivity index (χ0n) is 11.4. The van der Waals surface area contributed by atoms with Crippen molar-refractivity contribution in [1.29, 1.82) is 0 Å². The van der Waals surface area contributed by atoms with E-state index in [4.69, 9.17) is 5.73 Å². The van der Waals surface area contributed by atoms with Gasteiger partial charge in [0.05, 0.1) is 6.54 Å². The highest BCUT2D eigenvalue weighted by Gasteiger charge is 2.23. The van der Waals surface area contributed by atoms with Gasteiger partial charge >= 0.3 is 0 Å². The number of hydrogen-bond donors (Lipinski definition) is 2. The summed E-state index contributed by atoms with van der Waals surface area (Å²) in [5, 5.41) is 3.05. The summed E-state index contributed by atoms with van der Waals surface area (Å²) in [4.78, 5) is 17.9. The van der Waals surface area contributed by atoms with Crippen molar-refractivity contribution in [2.45, 2.75) is 37.9 Å². The number of nitrogens with one attached hydrogen (secondary N) is 1. The lowest BCUT2D eigenvalue weighted by atomic mass is 10.2. The summed E-state index contributed by atoms with van der Waals surface area (Å²) in [6, 6.07) is 4.44. The fourth-order valence-electron chi connectivity index (χ4n) is 2.52. The van der Waals surface area contributed by atoms with Crippen LogP contribution in [-0.4, -0.2) is 41.5 Å². The van der Waals surface area contributed by atoms with Crippen molar-refractivity contribution in [3.63, 3.8) is 0 Å². The molecule has 3 N–H and O–H groups in total. The smallest absolute Gasteiger partial charge is 0.234 e. The van der Waals surface area contributed by atoms with Crippen LogP contribution in [0.5, 0.6) is 0 Å². The van der Waals surface area contributed by atoms with Crippen LogP contribution in [0.3, 0.4) is 0 Å². The Balaban J connectivity index is 1.73. The zero-order chi connectivity index (χ0) is 13.7. The molecule has 1 aliphatic carbocycles. The van der Waals surface area contributed by atoms with Gasteiger partial charge < -0.3 is 11.1 Å². The second kappa shape index (κ2) is 6.63. The van der Waals surface area contributed by atoms with Gasteiger partial charge in [-0.3, -0.25) is 14.7 Å². The molecule has 1 amide bonds. The van der Waals surface area contributed by atoms with Gasteiger partial charge in [-0.05, 0) is 44.0 Å². The quantitative estimate of drug-likeness (QED) is 0.811. The Kier molecular flexibility index (Phi) is 4.87. The van der Waals surface area contributed by atoms with E-state index in [2.05, 4.69) is 10.3 Å². The minimum Gasteiger partial charge on any atom is -0.352 e. The normalized spacial score (nSPS) is 22.7. The van der Waals surface area contributed by atoms with Crippen molar-refractivity contribution < 1.29 is 4.79 Å². The second-order valence-electron chi connectivity index (χ2n) is 5.37. The molecule has 0 radical (unpaired) electrons. The summed E-state index contributed by atoms with van der Waals surface area (Å²) in [7, 11) is 1.94. The molecular weight excluding hydrogens is 240 g/mol. The number of hydrogen-bond acceptors (Lipinski definition) is 4. The van der Waals surface area contributed by atoms with E-state index in [1.165, 1.54) is 0 Å². The zero-order valence-corrected chi connectivity index (χ0v) is 11.4. The van der Waals surface area contributed by atoms with Crippen molar-refractivity contribution in [1.82, 2.24) is 15.2 Å². The van der Waals surface area contributed by atoms with E-state index in [0.717, 1.165) is 31.4 Å². The maximum Gasteiger partial charge on any atom is 0.234 e. The summed E-state index contributed by atoms with van der Waals surface area (Å²) in [6.07, 6.45) is 6.45. The van der Waals surface area contributed by atoms with E-state index >= 15 is 0 Å². The largest absolute Gasteiger partial charge is 0.352 e. The second-order valence-corrected chi connectivity index (χ2v) is 5.37. The third-order valence-electron chi connectivity index (χ3n) is 3.45. The molecule has 104 valence electrons. The van der Waals surface area contributed by atoms with Crippen LogP contribution in [0.15, 0.2) is 24.5 Å². The van der Waals surface area contributed by atoms with Crippen LogP contribution in [0.25, 0.3) is 0 Å². The molecule has 1 fully saturated rings. The fourth-order valence-corrected chi connectivity index (χ4v) is 2.52. The molecular formula is C14H22N4O. The SMILES string of the molecule is CN(CC(=O)N[C@H]1CC[C@H](N)C1)Cc1ccncc1. The van der Waals surface area contributed by atoms with Gasteiger partial charge in [0.25, 0.3) is 0 Å². The van der Waals surface area contributed by atoms with E-state index in [-0.39, 0.29) is 18.0 Å². The first-order valence-electron chi connectivity index (χ1n) is 6.76. The van der Waals surface area contributed by atoms with E-state index < -0.39 is 0 Å². The topological polar surface area (TPSA) is 71.2 Å². The van der Waals surface area contributed by atoms with Crippen LogP contribution in [0.4, 0.5) is 0 Å². The van der Waals surface area contributed by atoms with E-state index in [9.17, 15) is 4.79 Å². The average Bonchev–Trinajstić information content (AvgIpc) is 2.75. The van der Waals surface area contributed by atoms with Crippen molar-refractivity contribution in [3.8, 4) is 0 Å². The monoisotopic (exact) mass is 262 g/mol. The maximum atomic E-state index is 11.9. The van der Waals surface area contributed by atoms with Crippen molar-refractivity contribution in [2.24, 2.45) is 5.73 Å². The minimum atomic E-state index is 0.0793. The highest BCUT2D eigenvalue weighted by molar-refractivity contribution is 5.78. The number of rotatable bonds is 5. The molecule has 1 aliphatic rings.